The van der Waals surface area contributed by atoms with Crippen LogP contribution in [0.15, 0.2) is 141 Å². The molecule has 4 heterocycles. The molecule has 0 fully saturated rings. The summed E-state index contributed by atoms with van der Waals surface area (Å²) in [6.07, 6.45) is 0. The van der Waals surface area contributed by atoms with E-state index in [0.717, 1.165) is 61.0 Å². The van der Waals surface area contributed by atoms with Crippen molar-refractivity contribution in [3.05, 3.63) is 133 Å². The van der Waals surface area contributed by atoms with E-state index in [1.807, 2.05) is 36.4 Å². The van der Waals surface area contributed by atoms with Gasteiger partial charge in [0.25, 0.3) is 0 Å². The lowest BCUT2D eigenvalue weighted by Crippen LogP contribution is -2.29. The largest absolute Gasteiger partial charge is 0.456 e. The maximum absolute atomic E-state index is 6.37. The molecule has 5 heteroatoms. The zero-order chi connectivity index (χ0) is 28.1. The summed E-state index contributed by atoms with van der Waals surface area (Å²) in [5.41, 5.74) is 6.65. The van der Waals surface area contributed by atoms with E-state index in [-0.39, 0.29) is 6.04 Å². The summed E-state index contributed by atoms with van der Waals surface area (Å²) in [6, 6.07) is 44.0. The third kappa shape index (κ3) is 3.13. The van der Waals surface area contributed by atoms with Gasteiger partial charge in [-0.25, -0.2) is 4.99 Å². The fraction of sp³-hybridized carbons (Fsp3) is 0.0263. The Balaban J connectivity index is 1.34. The number of nitrogens with one attached hydrogen (secondary N) is 1. The Labute approximate surface area is 245 Å². The van der Waals surface area contributed by atoms with Gasteiger partial charge in [0.1, 0.15) is 34.3 Å². The molecular formula is C38H23N3O2. The van der Waals surface area contributed by atoms with Crippen LogP contribution in [0.25, 0.3) is 65.5 Å². The van der Waals surface area contributed by atoms with Gasteiger partial charge in [-0.2, -0.15) is 0 Å². The molecule has 43 heavy (non-hydrogen) atoms. The molecule has 1 N–H and O–H groups in total. The number of fused-ring (bicyclic) bond motifs is 10. The van der Waals surface area contributed by atoms with Gasteiger partial charge in [0.15, 0.2) is 0 Å². The molecule has 10 rings (SSSR count). The molecule has 0 radical (unpaired) electrons. The number of benzene rings is 6. The molecule has 0 saturated heterocycles. The number of aliphatic imine (C=N–C) groups is 1. The lowest BCUT2D eigenvalue weighted by molar-refractivity contribution is 0.621. The second-order valence-electron chi connectivity index (χ2n) is 11.2. The molecule has 5 nitrogen and oxygen atoms in total. The van der Waals surface area contributed by atoms with Gasteiger partial charge < -0.3 is 14.2 Å². The van der Waals surface area contributed by atoms with Crippen molar-refractivity contribution >= 4 is 82.9 Å². The Morgan fingerprint density at radius 3 is 2.09 bits per heavy atom. The topological polar surface area (TPSA) is 55.6 Å². The molecule has 1 aliphatic heterocycles. The maximum Gasteiger partial charge on any atom is 0.221 e. The first-order valence-electron chi connectivity index (χ1n) is 14.5. The first-order chi connectivity index (χ1) is 21.3. The second kappa shape index (κ2) is 8.37. The Morgan fingerprint density at radius 1 is 0.558 bits per heavy atom. The first kappa shape index (κ1) is 22.8. The minimum Gasteiger partial charge on any atom is -0.456 e. The van der Waals surface area contributed by atoms with Crippen LogP contribution in [-0.2, 0) is 0 Å². The van der Waals surface area contributed by atoms with Crippen LogP contribution in [0.2, 0.25) is 0 Å². The van der Waals surface area contributed by atoms with E-state index in [0.29, 0.717) is 5.88 Å². The molecule has 0 spiro atoms. The molecule has 0 saturated carbocycles. The predicted molar refractivity (Wildman–Crippen MR) is 176 cm³/mol. The smallest absolute Gasteiger partial charge is 0.221 e. The van der Waals surface area contributed by atoms with Crippen LogP contribution in [-0.4, -0.2) is 10.4 Å². The van der Waals surface area contributed by atoms with Crippen LogP contribution >= 0.6 is 0 Å². The third-order valence-corrected chi connectivity index (χ3v) is 8.84. The molecule has 9 aromatic rings. The van der Waals surface area contributed by atoms with Crippen molar-refractivity contribution in [2.75, 3.05) is 5.32 Å². The molecule has 6 aromatic carbocycles. The van der Waals surface area contributed by atoms with Crippen LogP contribution in [0, 0.1) is 0 Å². The van der Waals surface area contributed by atoms with E-state index in [9.17, 15) is 0 Å². The van der Waals surface area contributed by atoms with E-state index >= 15 is 0 Å². The van der Waals surface area contributed by atoms with Crippen molar-refractivity contribution in [3.8, 4) is 0 Å². The summed E-state index contributed by atoms with van der Waals surface area (Å²) < 4.78 is 15.0. The van der Waals surface area contributed by atoms with Gasteiger partial charge in [0.2, 0.25) is 5.88 Å². The average molecular weight is 554 g/mol. The zero-order valence-electron chi connectivity index (χ0n) is 22.9. The Kier molecular flexibility index (Phi) is 4.44. The minimum atomic E-state index is -0.316. The molecule has 3 aromatic heterocycles. The molecule has 0 amide bonds. The number of nitrogens with zero attached hydrogens (tertiary/aromatic N) is 2. The van der Waals surface area contributed by atoms with Crippen LogP contribution in [0.3, 0.4) is 0 Å². The third-order valence-electron chi connectivity index (χ3n) is 8.84. The summed E-state index contributed by atoms with van der Waals surface area (Å²) in [5, 5.41) is 11.7. The van der Waals surface area contributed by atoms with Gasteiger partial charge in [0, 0.05) is 26.9 Å². The van der Waals surface area contributed by atoms with E-state index in [4.69, 9.17) is 13.8 Å². The lowest BCUT2D eigenvalue weighted by Gasteiger charge is -2.27. The summed E-state index contributed by atoms with van der Waals surface area (Å²) in [5.74, 6) is 1.56. The number of rotatable bonds is 1. The van der Waals surface area contributed by atoms with Crippen LogP contribution in [0.1, 0.15) is 11.6 Å². The van der Waals surface area contributed by atoms with Crippen molar-refractivity contribution in [1.82, 2.24) is 4.57 Å². The molecule has 0 bridgehead atoms. The second-order valence-corrected chi connectivity index (χ2v) is 11.2. The first-order valence-corrected chi connectivity index (χ1v) is 14.5. The number of anilines is 1. The number of aromatic nitrogens is 1. The molecule has 1 aliphatic rings. The number of hydrogen-bond acceptors (Lipinski definition) is 4. The van der Waals surface area contributed by atoms with Gasteiger partial charge >= 0.3 is 0 Å². The standard InChI is InChI=1S/C38H23N3O2/c1-2-11-23-21-30-28(20-22(23)10-1)24-12-3-6-16-29(24)41(30)37-35(40-38-36(39-37)26-14-5-8-18-32(26)43-38)27-15-9-19-33-34(27)25-13-4-7-17-31(25)42-33/h1-21,35,40H. The van der Waals surface area contributed by atoms with Gasteiger partial charge in [-0.05, 0) is 58.8 Å². The number of furan rings is 2. The number of para-hydroxylation sites is 3. The quantitative estimate of drug-likeness (QED) is 0.220. The molecule has 0 aliphatic carbocycles. The van der Waals surface area contributed by atoms with Crippen molar-refractivity contribution in [1.29, 1.82) is 0 Å². The minimum absolute atomic E-state index is 0.316. The highest BCUT2D eigenvalue weighted by Crippen LogP contribution is 2.46. The fourth-order valence-corrected chi connectivity index (χ4v) is 6.96. The summed E-state index contributed by atoms with van der Waals surface area (Å²) in [4.78, 5) is 5.48. The average Bonchev–Trinajstić information content (AvgIpc) is 3.72. The monoisotopic (exact) mass is 553 g/mol. The highest BCUT2D eigenvalue weighted by molar-refractivity contribution is 6.20. The summed E-state index contributed by atoms with van der Waals surface area (Å²) in [6.45, 7) is 0. The molecular weight excluding hydrogens is 530 g/mol. The van der Waals surface area contributed by atoms with Gasteiger partial charge in [-0.3, -0.25) is 4.57 Å². The van der Waals surface area contributed by atoms with Crippen molar-refractivity contribution < 1.29 is 8.83 Å². The van der Waals surface area contributed by atoms with Crippen LogP contribution in [0.4, 0.5) is 11.6 Å². The van der Waals surface area contributed by atoms with Crippen molar-refractivity contribution in [3.63, 3.8) is 0 Å². The van der Waals surface area contributed by atoms with Crippen molar-refractivity contribution in [2.45, 2.75) is 6.04 Å². The summed E-state index contributed by atoms with van der Waals surface area (Å²) in [7, 11) is 0. The predicted octanol–water partition coefficient (Wildman–Crippen LogP) is 10.3. The Morgan fingerprint density at radius 2 is 1.23 bits per heavy atom. The van der Waals surface area contributed by atoms with Gasteiger partial charge in [-0.1, -0.05) is 84.9 Å². The Bertz CT molecular complexity index is 2620. The van der Waals surface area contributed by atoms with Crippen LogP contribution < -0.4 is 5.32 Å². The maximum atomic E-state index is 6.37. The molecule has 1 atom stereocenters. The van der Waals surface area contributed by atoms with E-state index < -0.39 is 0 Å². The highest BCUT2D eigenvalue weighted by Gasteiger charge is 2.33. The highest BCUT2D eigenvalue weighted by atomic mass is 16.4. The summed E-state index contributed by atoms with van der Waals surface area (Å²) >= 11 is 0. The fourth-order valence-electron chi connectivity index (χ4n) is 6.96. The normalized spacial score (nSPS) is 15.1. The number of hydrogen-bond donors (Lipinski definition) is 1. The lowest BCUT2D eigenvalue weighted by atomic mass is 9.97. The van der Waals surface area contributed by atoms with Crippen LogP contribution in [0.5, 0.6) is 0 Å². The van der Waals surface area contributed by atoms with Gasteiger partial charge in [-0.15, -0.1) is 0 Å². The zero-order valence-corrected chi connectivity index (χ0v) is 22.9. The van der Waals surface area contributed by atoms with Crippen molar-refractivity contribution in [2.24, 2.45) is 4.99 Å². The SMILES string of the molecule is c1ccc2cc3c(cc2c1)c1ccccc1n3C1=Nc2c(oc3ccccc23)NC1c1cccc2oc3ccccc3c12. The molecule has 202 valence electrons. The van der Waals surface area contributed by atoms with E-state index in [1.165, 1.54) is 21.5 Å². The molecule has 1 unspecified atom stereocenters. The van der Waals surface area contributed by atoms with Gasteiger partial charge in [0.05, 0.1) is 11.0 Å². The Hall–Kier alpha value is -5.81. The van der Waals surface area contributed by atoms with E-state index in [2.05, 4.69) is 101 Å². The van der Waals surface area contributed by atoms with E-state index in [1.54, 1.807) is 0 Å².